The topological polar surface area (TPSA) is 82.0 Å². The largest absolute Gasteiger partial charge is 0.507 e. The minimum atomic E-state index is -4.40. The molecule has 6 rings (SSSR count). The third-order valence-electron chi connectivity index (χ3n) is 6.96. The fraction of sp³-hybridized carbons (Fsp3) is 0.0278. The molecule has 0 aromatic heterocycles. The Labute approximate surface area is 256 Å². The summed E-state index contributed by atoms with van der Waals surface area (Å²) >= 11 is 0. The maximum absolute atomic E-state index is 12.7. The smallest absolute Gasteiger partial charge is 0.416 e. The summed E-state index contributed by atoms with van der Waals surface area (Å²) in [4.78, 5) is 4.66. The van der Waals surface area contributed by atoms with E-state index in [1.54, 1.807) is 36.5 Å². The second-order valence-corrected chi connectivity index (χ2v) is 10.0. The van der Waals surface area contributed by atoms with Crippen LogP contribution in [0, 0.1) is 0 Å². The van der Waals surface area contributed by atoms with Crippen molar-refractivity contribution < 1.29 is 18.3 Å². The molecular weight excluding hydrogens is 575 g/mol. The Morgan fingerprint density at radius 2 is 1.04 bits per heavy atom. The lowest BCUT2D eigenvalue weighted by Gasteiger charge is -2.06. The number of aromatic hydroxyl groups is 1. The SMILES string of the molecule is Oc1cc(-c2ccccc2)ccc1/C=N/c1ccc(/N=N/c2ccc(/N=N/c3ccc(C(F)(F)F)cc3)cc2)c2ccccc12. The van der Waals surface area contributed by atoms with Crippen molar-refractivity contribution in [1.82, 2.24) is 0 Å². The zero-order valence-electron chi connectivity index (χ0n) is 23.6. The quantitative estimate of drug-likeness (QED) is 0.144. The molecule has 220 valence electrons. The molecule has 0 radical (unpaired) electrons. The van der Waals surface area contributed by atoms with Crippen molar-refractivity contribution in [2.45, 2.75) is 6.18 Å². The summed E-state index contributed by atoms with van der Waals surface area (Å²) in [7, 11) is 0. The van der Waals surface area contributed by atoms with Gasteiger partial charge in [-0.25, -0.2) is 0 Å². The first-order chi connectivity index (χ1) is 21.8. The second kappa shape index (κ2) is 12.7. The Bertz CT molecular complexity index is 2040. The van der Waals surface area contributed by atoms with Gasteiger partial charge in [0, 0.05) is 22.6 Å². The van der Waals surface area contributed by atoms with Crippen LogP contribution < -0.4 is 0 Å². The van der Waals surface area contributed by atoms with Crippen LogP contribution in [-0.2, 0) is 6.18 Å². The molecule has 9 heteroatoms. The predicted octanol–water partition coefficient (Wildman–Crippen LogP) is 11.8. The zero-order valence-corrected chi connectivity index (χ0v) is 23.6. The van der Waals surface area contributed by atoms with E-state index >= 15 is 0 Å². The van der Waals surface area contributed by atoms with E-state index in [0.717, 1.165) is 39.7 Å². The van der Waals surface area contributed by atoms with Crippen molar-refractivity contribution in [2.24, 2.45) is 25.4 Å². The van der Waals surface area contributed by atoms with Crippen LogP contribution in [-0.4, -0.2) is 11.3 Å². The molecule has 0 fully saturated rings. The number of nitrogens with zero attached hydrogens (tertiary/aromatic N) is 5. The zero-order chi connectivity index (χ0) is 31.2. The van der Waals surface area contributed by atoms with E-state index in [4.69, 9.17) is 0 Å². The lowest BCUT2D eigenvalue weighted by Crippen LogP contribution is -2.03. The maximum atomic E-state index is 12.7. The van der Waals surface area contributed by atoms with Crippen LogP contribution in [0.2, 0.25) is 0 Å². The highest BCUT2D eigenvalue weighted by Gasteiger charge is 2.29. The van der Waals surface area contributed by atoms with Gasteiger partial charge >= 0.3 is 6.18 Å². The molecule has 0 saturated heterocycles. The van der Waals surface area contributed by atoms with E-state index in [2.05, 4.69) is 25.4 Å². The van der Waals surface area contributed by atoms with Crippen LogP contribution in [0.15, 0.2) is 159 Å². The summed E-state index contributed by atoms with van der Waals surface area (Å²) in [6, 6.07) is 38.1. The lowest BCUT2D eigenvalue weighted by molar-refractivity contribution is -0.137. The summed E-state index contributed by atoms with van der Waals surface area (Å²) in [5.41, 5.74) is 4.59. The number of azo groups is 2. The summed E-state index contributed by atoms with van der Waals surface area (Å²) in [5, 5.41) is 29.3. The van der Waals surface area contributed by atoms with Gasteiger partial charge in [-0.3, -0.25) is 4.99 Å². The maximum Gasteiger partial charge on any atom is 0.416 e. The van der Waals surface area contributed by atoms with Gasteiger partial charge in [-0.1, -0.05) is 60.7 Å². The molecule has 0 bridgehead atoms. The Hall–Kier alpha value is -5.96. The van der Waals surface area contributed by atoms with E-state index in [1.807, 2.05) is 78.9 Å². The van der Waals surface area contributed by atoms with Gasteiger partial charge in [0.1, 0.15) is 5.75 Å². The Morgan fingerprint density at radius 3 is 1.64 bits per heavy atom. The average Bonchev–Trinajstić information content (AvgIpc) is 3.07. The molecule has 6 aromatic carbocycles. The minimum Gasteiger partial charge on any atom is -0.507 e. The van der Waals surface area contributed by atoms with Gasteiger partial charge in [0.25, 0.3) is 0 Å². The van der Waals surface area contributed by atoms with Crippen molar-refractivity contribution in [3.63, 3.8) is 0 Å². The number of alkyl halides is 3. The highest BCUT2D eigenvalue weighted by molar-refractivity contribution is 6.01. The standard InChI is InChI=1S/C36H24F3N5O/c37-36(38,39)27-12-14-28(15-13-27)41-42-29-16-18-30(19-17-29)43-44-34-21-20-33(31-8-4-5-9-32(31)34)40-23-26-11-10-25(22-35(26)45)24-6-2-1-3-7-24/h1-23,45H/b40-23+,42-41+,44-43+. The number of hydrogen-bond acceptors (Lipinski definition) is 6. The average molecular weight is 600 g/mol. The van der Waals surface area contributed by atoms with Crippen molar-refractivity contribution >= 4 is 45.4 Å². The first kappa shape index (κ1) is 29.1. The molecule has 0 spiro atoms. The Balaban J connectivity index is 1.17. The highest BCUT2D eigenvalue weighted by Crippen LogP contribution is 2.35. The van der Waals surface area contributed by atoms with Crippen LogP contribution in [0.3, 0.4) is 0 Å². The van der Waals surface area contributed by atoms with E-state index < -0.39 is 11.7 Å². The van der Waals surface area contributed by atoms with Gasteiger partial charge in [0.15, 0.2) is 0 Å². The molecule has 0 atom stereocenters. The van der Waals surface area contributed by atoms with Gasteiger partial charge in [-0.05, 0) is 83.9 Å². The number of phenols is 1. The summed E-state index contributed by atoms with van der Waals surface area (Å²) in [5.74, 6) is 0.141. The molecule has 6 nitrogen and oxygen atoms in total. The van der Waals surface area contributed by atoms with E-state index in [-0.39, 0.29) is 5.75 Å². The summed E-state index contributed by atoms with van der Waals surface area (Å²) in [6.45, 7) is 0. The number of phenolic OH excluding ortho intramolecular Hbond substituents is 1. The normalized spacial score (nSPS) is 12.2. The van der Waals surface area contributed by atoms with Gasteiger partial charge in [-0.2, -0.15) is 28.5 Å². The number of halogens is 3. The second-order valence-electron chi connectivity index (χ2n) is 10.0. The molecule has 0 aliphatic carbocycles. The fourth-order valence-electron chi connectivity index (χ4n) is 4.60. The van der Waals surface area contributed by atoms with Gasteiger partial charge in [0.2, 0.25) is 0 Å². The third kappa shape index (κ3) is 7.00. The Kier molecular flexibility index (Phi) is 8.24. The van der Waals surface area contributed by atoms with Crippen LogP contribution in [0.5, 0.6) is 5.75 Å². The van der Waals surface area contributed by atoms with E-state index in [1.165, 1.54) is 12.1 Å². The number of fused-ring (bicyclic) bond motifs is 1. The number of rotatable bonds is 7. The van der Waals surface area contributed by atoms with Crippen LogP contribution >= 0.6 is 0 Å². The molecule has 6 aromatic rings. The van der Waals surface area contributed by atoms with E-state index in [9.17, 15) is 18.3 Å². The molecular formula is C36H24F3N5O. The number of aliphatic imine (C=N–C) groups is 1. The van der Waals surface area contributed by atoms with E-state index in [0.29, 0.717) is 28.3 Å². The lowest BCUT2D eigenvalue weighted by atomic mass is 10.0. The first-order valence-electron chi connectivity index (χ1n) is 13.9. The molecule has 0 heterocycles. The summed E-state index contributed by atoms with van der Waals surface area (Å²) < 4.78 is 38.2. The third-order valence-corrected chi connectivity index (χ3v) is 6.96. The van der Waals surface area contributed by atoms with Gasteiger partial charge in [-0.15, -0.1) is 5.11 Å². The number of benzene rings is 6. The fourth-order valence-corrected chi connectivity index (χ4v) is 4.60. The van der Waals surface area contributed by atoms with Gasteiger partial charge in [0.05, 0.1) is 34.0 Å². The monoisotopic (exact) mass is 599 g/mol. The molecule has 45 heavy (non-hydrogen) atoms. The van der Waals surface area contributed by atoms with Crippen molar-refractivity contribution in [2.75, 3.05) is 0 Å². The van der Waals surface area contributed by atoms with Crippen molar-refractivity contribution in [1.29, 1.82) is 0 Å². The highest BCUT2D eigenvalue weighted by atomic mass is 19.4. The molecule has 0 aliphatic heterocycles. The molecule has 0 aliphatic rings. The van der Waals surface area contributed by atoms with Crippen LogP contribution in [0.1, 0.15) is 11.1 Å². The summed E-state index contributed by atoms with van der Waals surface area (Å²) in [6.07, 6.45) is -2.76. The van der Waals surface area contributed by atoms with Crippen molar-refractivity contribution in [3.8, 4) is 16.9 Å². The molecule has 0 saturated carbocycles. The minimum absolute atomic E-state index is 0.141. The van der Waals surface area contributed by atoms with Crippen LogP contribution in [0.4, 0.5) is 41.6 Å². The van der Waals surface area contributed by atoms with Gasteiger partial charge < -0.3 is 5.11 Å². The van der Waals surface area contributed by atoms with Crippen LogP contribution in [0.25, 0.3) is 21.9 Å². The molecule has 0 amide bonds. The predicted molar refractivity (Wildman–Crippen MR) is 171 cm³/mol. The molecule has 0 unspecified atom stereocenters. The molecule has 1 N–H and O–H groups in total. The first-order valence-corrected chi connectivity index (χ1v) is 13.9. The number of hydrogen-bond donors (Lipinski definition) is 1. The van der Waals surface area contributed by atoms with Crippen molar-refractivity contribution in [3.05, 3.63) is 145 Å². The Morgan fingerprint density at radius 1 is 0.511 bits per heavy atom.